The zero-order valence-corrected chi connectivity index (χ0v) is 8.57. The molecule has 1 atom stereocenters. The first-order chi connectivity index (χ1) is 6.45. The van der Waals surface area contributed by atoms with Gasteiger partial charge in [0, 0.05) is 17.5 Å². The molecule has 2 aliphatic rings. The number of nitrogens with one attached hydrogen (secondary N) is 1. The van der Waals surface area contributed by atoms with Crippen LogP contribution in [0.2, 0.25) is 0 Å². The molecule has 1 fully saturated rings. The summed E-state index contributed by atoms with van der Waals surface area (Å²) in [6.07, 6.45) is 5.57. The van der Waals surface area contributed by atoms with Gasteiger partial charge in [-0.05, 0) is 42.2 Å². The molecular formula is C11H15NS. The topological polar surface area (TPSA) is 12.0 Å². The van der Waals surface area contributed by atoms with E-state index in [-0.39, 0.29) is 0 Å². The van der Waals surface area contributed by atoms with E-state index in [9.17, 15) is 0 Å². The van der Waals surface area contributed by atoms with E-state index in [0.29, 0.717) is 6.04 Å². The van der Waals surface area contributed by atoms with Gasteiger partial charge in [0.2, 0.25) is 0 Å². The zero-order valence-electron chi connectivity index (χ0n) is 7.75. The van der Waals surface area contributed by atoms with Crippen molar-refractivity contribution in [1.82, 2.24) is 5.32 Å². The monoisotopic (exact) mass is 193 g/mol. The van der Waals surface area contributed by atoms with Crippen molar-refractivity contribution in [3.8, 4) is 0 Å². The van der Waals surface area contributed by atoms with Crippen LogP contribution in [0.1, 0.15) is 35.7 Å². The lowest BCUT2D eigenvalue weighted by Gasteiger charge is -2.37. The summed E-state index contributed by atoms with van der Waals surface area (Å²) in [5, 5.41) is 5.92. The Morgan fingerprint density at radius 1 is 1.38 bits per heavy atom. The normalized spacial score (nSPS) is 28.2. The fraction of sp³-hybridized carbons (Fsp3) is 0.636. The molecule has 1 aliphatic carbocycles. The van der Waals surface area contributed by atoms with Crippen molar-refractivity contribution < 1.29 is 0 Å². The highest BCUT2D eigenvalue weighted by Crippen LogP contribution is 2.41. The molecule has 1 aromatic heterocycles. The van der Waals surface area contributed by atoms with E-state index in [1.165, 1.54) is 32.2 Å². The Bertz CT molecular complexity index is 301. The van der Waals surface area contributed by atoms with Crippen LogP contribution in [0.15, 0.2) is 11.4 Å². The van der Waals surface area contributed by atoms with Crippen LogP contribution in [0.4, 0.5) is 0 Å². The van der Waals surface area contributed by atoms with E-state index >= 15 is 0 Å². The minimum atomic E-state index is 0.698. The molecule has 0 aromatic carbocycles. The van der Waals surface area contributed by atoms with Crippen LogP contribution in [0.3, 0.4) is 0 Å². The van der Waals surface area contributed by atoms with Gasteiger partial charge in [0.25, 0.3) is 0 Å². The predicted octanol–water partition coefficient (Wildman–Crippen LogP) is 2.74. The average Bonchev–Trinajstić information content (AvgIpc) is 2.49. The smallest absolute Gasteiger partial charge is 0.0359 e. The number of hydrogen-bond donors (Lipinski definition) is 1. The van der Waals surface area contributed by atoms with Crippen LogP contribution in [0.25, 0.3) is 0 Å². The Hall–Kier alpha value is -0.340. The van der Waals surface area contributed by atoms with Gasteiger partial charge >= 0.3 is 0 Å². The van der Waals surface area contributed by atoms with Gasteiger partial charge in [-0.3, -0.25) is 0 Å². The highest BCUT2D eigenvalue weighted by Gasteiger charge is 2.31. The molecule has 0 saturated heterocycles. The van der Waals surface area contributed by atoms with Gasteiger partial charge in [0.05, 0.1) is 0 Å². The van der Waals surface area contributed by atoms with Crippen molar-refractivity contribution in [1.29, 1.82) is 0 Å². The third-order valence-corrected chi connectivity index (χ3v) is 4.45. The van der Waals surface area contributed by atoms with Gasteiger partial charge < -0.3 is 5.32 Å². The SMILES string of the molecule is c1cc2c(s1)CCNC2C1CCC1. The fourth-order valence-corrected chi connectivity index (χ4v) is 3.41. The van der Waals surface area contributed by atoms with E-state index in [2.05, 4.69) is 16.8 Å². The summed E-state index contributed by atoms with van der Waals surface area (Å²) in [6.45, 7) is 1.19. The molecule has 0 spiro atoms. The maximum Gasteiger partial charge on any atom is 0.0359 e. The highest BCUT2D eigenvalue weighted by molar-refractivity contribution is 7.10. The minimum Gasteiger partial charge on any atom is -0.309 e. The van der Waals surface area contributed by atoms with Crippen molar-refractivity contribution >= 4 is 11.3 Å². The summed E-state index contributed by atoms with van der Waals surface area (Å²) in [6, 6.07) is 3.03. The number of fused-ring (bicyclic) bond motifs is 1. The second kappa shape index (κ2) is 3.10. The summed E-state index contributed by atoms with van der Waals surface area (Å²) in [5.74, 6) is 0.939. The molecule has 70 valence electrons. The maximum atomic E-state index is 3.67. The van der Waals surface area contributed by atoms with Gasteiger partial charge in [0.15, 0.2) is 0 Å². The molecule has 2 heteroatoms. The van der Waals surface area contributed by atoms with Crippen molar-refractivity contribution in [2.24, 2.45) is 5.92 Å². The lowest BCUT2D eigenvalue weighted by molar-refractivity contribution is 0.226. The van der Waals surface area contributed by atoms with Gasteiger partial charge in [-0.15, -0.1) is 11.3 Å². The summed E-state index contributed by atoms with van der Waals surface area (Å²) >= 11 is 1.94. The molecule has 2 heterocycles. The molecule has 0 bridgehead atoms. The third kappa shape index (κ3) is 1.24. The highest BCUT2D eigenvalue weighted by atomic mass is 32.1. The second-order valence-corrected chi connectivity index (χ2v) is 5.17. The van der Waals surface area contributed by atoms with Crippen LogP contribution in [-0.4, -0.2) is 6.54 Å². The molecular weight excluding hydrogens is 178 g/mol. The zero-order chi connectivity index (χ0) is 8.67. The minimum absolute atomic E-state index is 0.698. The van der Waals surface area contributed by atoms with E-state index in [0.717, 1.165) is 5.92 Å². The van der Waals surface area contributed by atoms with Crippen molar-refractivity contribution in [3.05, 3.63) is 21.9 Å². The molecule has 1 aliphatic heterocycles. The van der Waals surface area contributed by atoms with Crippen molar-refractivity contribution in [3.63, 3.8) is 0 Å². The quantitative estimate of drug-likeness (QED) is 0.723. The molecule has 1 unspecified atom stereocenters. The molecule has 0 amide bonds. The van der Waals surface area contributed by atoms with E-state index in [1.807, 2.05) is 11.3 Å². The summed E-state index contributed by atoms with van der Waals surface area (Å²) in [5.41, 5.74) is 1.61. The fourth-order valence-electron chi connectivity index (χ4n) is 2.48. The van der Waals surface area contributed by atoms with E-state index < -0.39 is 0 Å². The van der Waals surface area contributed by atoms with Crippen LogP contribution >= 0.6 is 11.3 Å². The molecule has 1 nitrogen and oxygen atoms in total. The maximum absolute atomic E-state index is 3.67. The standard InChI is InChI=1S/C11H15NS/c1-2-8(3-1)11-9-5-7-13-10(9)4-6-12-11/h5,7-8,11-12H,1-4,6H2. The Balaban J connectivity index is 1.90. The van der Waals surface area contributed by atoms with Gasteiger partial charge in [0.1, 0.15) is 0 Å². The molecule has 1 saturated carbocycles. The Labute approximate surface area is 83.2 Å². The molecule has 13 heavy (non-hydrogen) atoms. The van der Waals surface area contributed by atoms with Crippen molar-refractivity contribution in [2.45, 2.75) is 31.7 Å². The van der Waals surface area contributed by atoms with E-state index in [1.54, 1.807) is 10.4 Å². The molecule has 0 radical (unpaired) electrons. The average molecular weight is 193 g/mol. The van der Waals surface area contributed by atoms with Crippen molar-refractivity contribution in [2.75, 3.05) is 6.54 Å². The first-order valence-electron chi connectivity index (χ1n) is 5.25. The number of thiophene rings is 1. The van der Waals surface area contributed by atoms with Crippen LogP contribution in [0, 0.1) is 5.92 Å². The second-order valence-electron chi connectivity index (χ2n) is 4.17. The first kappa shape index (κ1) is 8.01. The molecule has 3 rings (SSSR count). The Kier molecular flexibility index (Phi) is 1.91. The predicted molar refractivity (Wildman–Crippen MR) is 56.1 cm³/mol. The largest absolute Gasteiger partial charge is 0.309 e. The number of rotatable bonds is 1. The van der Waals surface area contributed by atoms with Crippen LogP contribution < -0.4 is 5.32 Å². The molecule has 1 N–H and O–H groups in total. The van der Waals surface area contributed by atoms with Gasteiger partial charge in [-0.2, -0.15) is 0 Å². The van der Waals surface area contributed by atoms with Crippen LogP contribution in [-0.2, 0) is 6.42 Å². The molecule has 1 aromatic rings. The summed E-state index contributed by atoms with van der Waals surface area (Å²) in [7, 11) is 0. The third-order valence-electron chi connectivity index (χ3n) is 3.45. The summed E-state index contributed by atoms with van der Waals surface area (Å²) in [4.78, 5) is 1.63. The number of hydrogen-bond acceptors (Lipinski definition) is 2. The summed E-state index contributed by atoms with van der Waals surface area (Å²) < 4.78 is 0. The lowest BCUT2D eigenvalue weighted by Crippen LogP contribution is -2.36. The van der Waals surface area contributed by atoms with E-state index in [4.69, 9.17) is 0 Å². The van der Waals surface area contributed by atoms with Gasteiger partial charge in [-0.25, -0.2) is 0 Å². The Morgan fingerprint density at radius 2 is 2.31 bits per heavy atom. The Morgan fingerprint density at radius 3 is 3.08 bits per heavy atom. The van der Waals surface area contributed by atoms with Crippen LogP contribution in [0.5, 0.6) is 0 Å². The first-order valence-corrected chi connectivity index (χ1v) is 6.13. The van der Waals surface area contributed by atoms with Gasteiger partial charge in [-0.1, -0.05) is 6.42 Å². The lowest BCUT2D eigenvalue weighted by atomic mass is 9.76.